The number of nitrogens with one attached hydrogen (secondary N) is 2. The van der Waals surface area contributed by atoms with Gasteiger partial charge in [-0.05, 0) is 35.4 Å². The highest BCUT2D eigenvalue weighted by atomic mass is 19.1. The number of halogens is 1. The van der Waals surface area contributed by atoms with Crippen molar-refractivity contribution < 1.29 is 18.8 Å². The third-order valence-corrected chi connectivity index (χ3v) is 5.32. The third kappa shape index (κ3) is 5.72. The Morgan fingerprint density at radius 2 is 1.56 bits per heavy atom. The lowest BCUT2D eigenvalue weighted by atomic mass is 10.0. The van der Waals surface area contributed by atoms with Crippen LogP contribution < -0.4 is 10.6 Å². The number of nitrogens with zero attached hydrogens (tertiary/aromatic N) is 2. The second-order valence-corrected chi connectivity index (χ2v) is 7.80. The van der Waals surface area contributed by atoms with E-state index in [4.69, 9.17) is 0 Å². The highest BCUT2D eigenvalue weighted by molar-refractivity contribution is 6.40. The molecule has 0 aromatic heterocycles. The van der Waals surface area contributed by atoms with Gasteiger partial charge in [-0.3, -0.25) is 14.4 Å². The number of hydrogen-bond acceptors (Lipinski definition) is 4. The first-order valence-corrected chi connectivity index (χ1v) is 10.8. The normalized spacial score (nSPS) is 14.2. The van der Waals surface area contributed by atoms with Crippen LogP contribution in [0.1, 0.15) is 30.0 Å². The van der Waals surface area contributed by atoms with Crippen molar-refractivity contribution >= 4 is 29.1 Å². The van der Waals surface area contributed by atoms with E-state index in [2.05, 4.69) is 15.7 Å². The molecule has 0 bridgehead atoms. The van der Waals surface area contributed by atoms with Gasteiger partial charge in [0.1, 0.15) is 17.6 Å². The van der Waals surface area contributed by atoms with Gasteiger partial charge in [0.2, 0.25) is 5.91 Å². The summed E-state index contributed by atoms with van der Waals surface area (Å²) in [7, 11) is 0. The Hall–Kier alpha value is -4.33. The Balaban J connectivity index is 1.52. The first-order chi connectivity index (χ1) is 16.5. The summed E-state index contributed by atoms with van der Waals surface area (Å²) in [6, 6.07) is 22.6. The molecule has 4 rings (SSSR count). The summed E-state index contributed by atoms with van der Waals surface area (Å²) in [6.45, 7) is 0.118. The summed E-state index contributed by atoms with van der Waals surface area (Å²) < 4.78 is 13.2. The van der Waals surface area contributed by atoms with Gasteiger partial charge in [-0.1, -0.05) is 60.7 Å². The van der Waals surface area contributed by atoms with Crippen molar-refractivity contribution in [3.05, 3.63) is 102 Å². The molecule has 3 aromatic carbocycles. The van der Waals surface area contributed by atoms with Gasteiger partial charge >= 0.3 is 0 Å². The fourth-order valence-electron chi connectivity index (χ4n) is 3.55. The SMILES string of the molecule is O=C(NC(C(=O)Nc1ccccc1)c1ccccc1)C1=NN(Cc2ccc(F)cc2)C(=O)CC1. The number of benzene rings is 3. The monoisotopic (exact) mass is 458 g/mol. The van der Waals surface area contributed by atoms with E-state index in [1.165, 1.54) is 17.1 Å². The molecule has 3 aromatic rings. The van der Waals surface area contributed by atoms with Crippen LogP contribution in [-0.2, 0) is 20.9 Å². The number of carbonyl (C=O) groups is 3. The summed E-state index contributed by atoms with van der Waals surface area (Å²) >= 11 is 0. The van der Waals surface area contributed by atoms with Crippen molar-refractivity contribution in [2.75, 3.05) is 5.32 Å². The number of hydrazone groups is 1. The van der Waals surface area contributed by atoms with Crippen LogP contribution in [0.5, 0.6) is 0 Å². The van der Waals surface area contributed by atoms with Crippen LogP contribution in [0.15, 0.2) is 90.0 Å². The van der Waals surface area contributed by atoms with Crippen LogP contribution in [0, 0.1) is 5.82 Å². The van der Waals surface area contributed by atoms with E-state index in [-0.39, 0.29) is 36.8 Å². The van der Waals surface area contributed by atoms with Crippen molar-refractivity contribution in [1.29, 1.82) is 0 Å². The van der Waals surface area contributed by atoms with E-state index in [9.17, 15) is 18.8 Å². The molecule has 0 saturated heterocycles. The molecule has 2 N–H and O–H groups in total. The van der Waals surface area contributed by atoms with Crippen molar-refractivity contribution in [3.63, 3.8) is 0 Å². The standard InChI is InChI=1S/C26H23FN4O3/c27-20-13-11-18(12-14-20)17-31-23(32)16-15-22(30-31)25(33)29-24(19-7-3-1-4-8-19)26(34)28-21-9-5-2-6-10-21/h1-14,24H,15-17H2,(H,28,34)(H,29,33). The largest absolute Gasteiger partial charge is 0.335 e. The Labute approximate surface area is 196 Å². The molecule has 0 fully saturated rings. The van der Waals surface area contributed by atoms with Gasteiger partial charge in [-0.25, -0.2) is 9.40 Å². The Kier molecular flexibility index (Phi) is 7.07. The maximum atomic E-state index is 13.2. The van der Waals surface area contributed by atoms with Crippen LogP contribution in [0.4, 0.5) is 10.1 Å². The van der Waals surface area contributed by atoms with Crippen molar-refractivity contribution in [2.24, 2.45) is 5.10 Å². The van der Waals surface area contributed by atoms with Gasteiger partial charge in [0, 0.05) is 18.5 Å². The summed E-state index contributed by atoms with van der Waals surface area (Å²) in [6.07, 6.45) is 0.270. The molecule has 0 aliphatic carbocycles. The first kappa shape index (κ1) is 22.8. The van der Waals surface area contributed by atoms with E-state index >= 15 is 0 Å². The van der Waals surface area contributed by atoms with Gasteiger partial charge in [0.05, 0.1) is 6.54 Å². The van der Waals surface area contributed by atoms with Gasteiger partial charge in [-0.15, -0.1) is 0 Å². The van der Waals surface area contributed by atoms with Crippen LogP contribution >= 0.6 is 0 Å². The summed E-state index contributed by atoms with van der Waals surface area (Å²) in [4.78, 5) is 38.5. The molecule has 8 heteroatoms. The van der Waals surface area contributed by atoms with Crippen molar-refractivity contribution in [3.8, 4) is 0 Å². The minimum atomic E-state index is -0.959. The molecule has 0 spiro atoms. The third-order valence-electron chi connectivity index (χ3n) is 5.32. The molecule has 34 heavy (non-hydrogen) atoms. The Bertz CT molecular complexity index is 1200. The molecule has 172 valence electrons. The molecular weight excluding hydrogens is 435 g/mol. The van der Waals surface area contributed by atoms with Crippen LogP contribution in [-0.4, -0.2) is 28.4 Å². The predicted molar refractivity (Wildman–Crippen MR) is 126 cm³/mol. The smallest absolute Gasteiger partial charge is 0.268 e. The number of para-hydroxylation sites is 1. The van der Waals surface area contributed by atoms with Gasteiger partial charge in [0.15, 0.2) is 0 Å². The first-order valence-electron chi connectivity index (χ1n) is 10.8. The fourth-order valence-corrected chi connectivity index (χ4v) is 3.55. The summed E-state index contributed by atoms with van der Waals surface area (Å²) in [5.41, 5.74) is 2.05. The average Bonchev–Trinajstić information content (AvgIpc) is 2.86. The van der Waals surface area contributed by atoms with E-state index in [0.29, 0.717) is 16.8 Å². The van der Waals surface area contributed by atoms with Crippen LogP contribution in [0.3, 0.4) is 0 Å². The van der Waals surface area contributed by atoms with E-state index in [0.717, 1.165) is 0 Å². The Morgan fingerprint density at radius 3 is 2.24 bits per heavy atom. The van der Waals surface area contributed by atoms with E-state index < -0.39 is 17.9 Å². The number of amides is 3. The zero-order valence-electron chi connectivity index (χ0n) is 18.3. The zero-order chi connectivity index (χ0) is 23.9. The minimum Gasteiger partial charge on any atom is -0.335 e. The molecule has 1 aliphatic rings. The molecule has 3 amide bonds. The van der Waals surface area contributed by atoms with Crippen LogP contribution in [0.2, 0.25) is 0 Å². The maximum Gasteiger partial charge on any atom is 0.268 e. The molecule has 1 aliphatic heterocycles. The van der Waals surface area contributed by atoms with Crippen LogP contribution in [0.25, 0.3) is 0 Å². The number of hydrogen-bond donors (Lipinski definition) is 2. The lowest BCUT2D eigenvalue weighted by Gasteiger charge is -2.25. The zero-order valence-corrected chi connectivity index (χ0v) is 18.3. The molecule has 1 heterocycles. The molecular formula is C26H23FN4O3. The maximum absolute atomic E-state index is 13.2. The fraction of sp³-hybridized carbons (Fsp3) is 0.154. The number of carbonyl (C=O) groups excluding carboxylic acids is 3. The summed E-state index contributed by atoms with van der Waals surface area (Å²) in [5, 5.41) is 11.0. The number of rotatable bonds is 7. The highest BCUT2D eigenvalue weighted by Gasteiger charge is 2.29. The number of anilines is 1. The quantitative estimate of drug-likeness (QED) is 0.564. The van der Waals surface area contributed by atoms with Gasteiger partial charge in [-0.2, -0.15) is 5.10 Å². The minimum absolute atomic E-state index is 0.111. The lowest BCUT2D eigenvalue weighted by Crippen LogP contribution is -2.43. The topological polar surface area (TPSA) is 90.9 Å². The van der Waals surface area contributed by atoms with E-state index in [1.54, 1.807) is 60.7 Å². The van der Waals surface area contributed by atoms with E-state index in [1.807, 2.05) is 12.1 Å². The predicted octanol–water partition coefficient (Wildman–Crippen LogP) is 3.80. The molecule has 0 saturated carbocycles. The highest BCUT2D eigenvalue weighted by Crippen LogP contribution is 2.18. The van der Waals surface area contributed by atoms with Gasteiger partial charge < -0.3 is 10.6 Å². The second-order valence-electron chi connectivity index (χ2n) is 7.80. The molecule has 1 atom stereocenters. The molecule has 7 nitrogen and oxygen atoms in total. The van der Waals surface area contributed by atoms with Gasteiger partial charge in [0.25, 0.3) is 11.8 Å². The lowest BCUT2D eigenvalue weighted by molar-refractivity contribution is -0.132. The Morgan fingerprint density at radius 1 is 0.912 bits per heavy atom. The van der Waals surface area contributed by atoms with Crippen molar-refractivity contribution in [1.82, 2.24) is 10.3 Å². The molecule has 0 radical (unpaired) electrons. The van der Waals surface area contributed by atoms with Crippen molar-refractivity contribution in [2.45, 2.75) is 25.4 Å². The summed E-state index contributed by atoms with van der Waals surface area (Å²) in [5.74, 6) is -1.55. The average molecular weight is 458 g/mol. The molecule has 1 unspecified atom stereocenters. The second kappa shape index (κ2) is 10.5.